The summed E-state index contributed by atoms with van der Waals surface area (Å²) in [6.07, 6.45) is 1.18. The molecule has 1 atom stereocenters. The van der Waals surface area contributed by atoms with E-state index in [0.29, 0.717) is 17.3 Å². The number of fused-ring (bicyclic) bond motifs is 1. The Kier molecular flexibility index (Phi) is 2.56. The summed E-state index contributed by atoms with van der Waals surface area (Å²) in [4.78, 5) is 4.61. The lowest BCUT2D eigenvalue weighted by molar-refractivity contribution is 0.415. The fourth-order valence-electron chi connectivity index (χ4n) is 2.57. The molecule has 0 spiro atoms. The quantitative estimate of drug-likeness (QED) is 0.790. The van der Waals surface area contributed by atoms with Gasteiger partial charge in [-0.3, -0.25) is 0 Å². The van der Waals surface area contributed by atoms with Crippen LogP contribution in [0.4, 0.5) is 0 Å². The van der Waals surface area contributed by atoms with Crippen LogP contribution in [-0.4, -0.2) is 16.7 Å². The van der Waals surface area contributed by atoms with Crippen LogP contribution in [0.1, 0.15) is 32.1 Å². The van der Waals surface area contributed by atoms with Crippen molar-refractivity contribution in [3.05, 3.63) is 24.0 Å². The summed E-state index contributed by atoms with van der Waals surface area (Å²) in [6, 6.07) is 6.49. The highest BCUT2D eigenvalue weighted by Crippen LogP contribution is 2.56. The minimum atomic E-state index is 0.345. The van der Waals surface area contributed by atoms with Gasteiger partial charge in [0.1, 0.15) is 11.6 Å². The Labute approximate surface area is 112 Å². The van der Waals surface area contributed by atoms with Crippen LogP contribution in [0.3, 0.4) is 0 Å². The number of methoxy groups -OCH3 is 1. The second-order valence-electron chi connectivity index (χ2n) is 5.59. The van der Waals surface area contributed by atoms with Crippen molar-refractivity contribution in [2.75, 3.05) is 7.11 Å². The van der Waals surface area contributed by atoms with Gasteiger partial charge in [0.05, 0.1) is 24.0 Å². The zero-order valence-electron chi connectivity index (χ0n) is 10.9. The van der Waals surface area contributed by atoms with Crippen molar-refractivity contribution in [2.45, 2.75) is 32.2 Å². The highest BCUT2D eigenvalue weighted by molar-refractivity contribution is 6.16. The Balaban J connectivity index is 2.20. The van der Waals surface area contributed by atoms with Crippen molar-refractivity contribution < 1.29 is 4.74 Å². The maximum atomic E-state index is 6.03. The van der Waals surface area contributed by atoms with E-state index in [1.165, 1.54) is 6.42 Å². The fourth-order valence-corrected chi connectivity index (χ4v) is 2.76. The zero-order chi connectivity index (χ0) is 12.9. The average Bonchev–Trinajstić information content (AvgIpc) is 2.85. The predicted molar refractivity (Wildman–Crippen MR) is 73.3 cm³/mol. The lowest BCUT2D eigenvalue weighted by Crippen LogP contribution is -2.04. The SMILES string of the molecule is COc1ccc2nc(CCl)n(C3CC3(C)C)c2c1. The number of benzene rings is 1. The molecule has 2 aromatic rings. The Morgan fingerprint density at radius 1 is 1.50 bits per heavy atom. The van der Waals surface area contributed by atoms with Gasteiger partial charge in [0, 0.05) is 12.1 Å². The molecule has 1 aliphatic carbocycles. The van der Waals surface area contributed by atoms with E-state index in [1.54, 1.807) is 7.11 Å². The summed E-state index contributed by atoms with van der Waals surface area (Å²) in [5.74, 6) is 2.27. The highest BCUT2D eigenvalue weighted by atomic mass is 35.5. The molecule has 1 saturated carbocycles. The maximum absolute atomic E-state index is 6.03. The number of alkyl halides is 1. The largest absolute Gasteiger partial charge is 0.497 e. The molecule has 1 aromatic heterocycles. The van der Waals surface area contributed by atoms with Crippen LogP contribution in [0.25, 0.3) is 11.0 Å². The van der Waals surface area contributed by atoms with E-state index in [0.717, 1.165) is 22.6 Å². The third-order valence-corrected chi connectivity index (χ3v) is 4.10. The first kappa shape index (κ1) is 11.8. The molecule has 0 saturated heterocycles. The van der Waals surface area contributed by atoms with Crippen LogP contribution < -0.4 is 4.74 Å². The average molecular weight is 265 g/mol. The molecule has 3 nitrogen and oxygen atoms in total. The van der Waals surface area contributed by atoms with Crippen molar-refractivity contribution >= 4 is 22.6 Å². The van der Waals surface area contributed by atoms with Gasteiger partial charge in [0.25, 0.3) is 0 Å². The van der Waals surface area contributed by atoms with Crippen LogP contribution in [0.2, 0.25) is 0 Å². The Hall–Kier alpha value is -1.22. The lowest BCUT2D eigenvalue weighted by atomic mass is 10.2. The summed E-state index contributed by atoms with van der Waals surface area (Å²) >= 11 is 6.03. The van der Waals surface area contributed by atoms with E-state index in [4.69, 9.17) is 16.3 Å². The summed E-state index contributed by atoms with van der Waals surface area (Å²) in [5, 5.41) is 0. The van der Waals surface area contributed by atoms with E-state index in [9.17, 15) is 0 Å². The second-order valence-corrected chi connectivity index (χ2v) is 5.86. The van der Waals surface area contributed by atoms with Crippen LogP contribution >= 0.6 is 11.6 Å². The minimum Gasteiger partial charge on any atom is -0.497 e. The molecule has 1 heterocycles. The van der Waals surface area contributed by atoms with Gasteiger partial charge >= 0.3 is 0 Å². The third kappa shape index (κ3) is 1.69. The molecular formula is C14H17ClN2O. The standard InChI is InChI=1S/C14H17ClN2O/c1-14(2)7-12(14)17-11-6-9(18-3)4-5-10(11)16-13(17)8-15/h4-6,12H,7-8H2,1-3H3. The van der Waals surface area contributed by atoms with Gasteiger partial charge in [-0.15, -0.1) is 11.6 Å². The number of imidazole rings is 1. The van der Waals surface area contributed by atoms with Gasteiger partial charge in [-0.2, -0.15) is 0 Å². The zero-order valence-corrected chi connectivity index (χ0v) is 11.7. The van der Waals surface area contributed by atoms with Crippen LogP contribution in [0.15, 0.2) is 18.2 Å². The normalized spacial score (nSPS) is 21.2. The molecule has 3 rings (SSSR count). The smallest absolute Gasteiger partial charge is 0.125 e. The number of rotatable bonds is 3. The van der Waals surface area contributed by atoms with E-state index >= 15 is 0 Å². The van der Waals surface area contributed by atoms with E-state index in [-0.39, 0.29) is 0 Å². The molecule has 0 bridgehead atoms. The number of nitrogens with zero attached hydrogens (tertiary/aromatic N) is 2. The van der Waals surface area contributed by atoms with E-state index in [1.807, 2.05) is 18.2 Å². The molecule has 18 heavy (non-hydrogen) atoms. The molecule has 96 valence electrons. The van der Waals surface area contributed by atoms with Gasteiger partial charge in [-0.1, -0.05) is 13.8 Å². The lowest BCUT2D eigenvalue weighted by Gasteiger charge is -2.10. The summed E-state index contributed by atoms with van der Waals surface area (Å²) in [7, 11) is 1.69. The van der Waals surface area contributed by atoms with E-state index < -0.39 is 0 Å². The van der Waals surface area contributed by atoms with Crippen LogP contribution in [0, 0.1) is 5.41 Å². The van der Waals surface area contributed by atoms with E-state index in [2.05, 4.69) is 23.4 Å². The molecular weight excluding hydrogens is 248 g/mol. The Bertz CT molecular complexity index is 603. The van der Waals surface area contributed by atoms with Crippen molar-refractivity contribution in [3.8, 4) is 5.75 Å². The second kappa shape index (κ2) is 3.89. The molecule has 0 amide bonds. The Morgan fingerprint density at radius 2 is 2.22 bits per heavy atom. The first-order chi connectivity index (χ1) is 8.56. The number of hydrogen-bond donors (Lipinski definition) is 0. The third-order valence-electron chi connectivity index (χ3n) is 3.86. The number of aromatic nitrogens is 2. The first-order valence-corrected chi connectivity index (χ1v) is 6.71. The summed E-state index contributed by atoms with van der Waals surface area (Å²) < 4.78 is 7.58. The van der Waals surface area contributed by atoms with Gasteiger partial charge in [0.2, 0.25) is 0 Å². The van der Waals surface area contributed by atoms with Crippen molar-refractivity contribution in [3.63, 3.8) is 0 Å². The van der Waals surface area contributed by atoms with Gasteiger partial charge in [-0.05, 0) is 24.0 Å². The molecule has 4 heteroatoms. The highest BCUT2D eigenvalue weighted by Gasteiger charge is 2.48. The van der Waals surface area contributed by atoms with Crippen molar-refractivity contribution in [1.29, 1.82) is 0 Å². The molecule has 0 aliphatic heterocycles. The predicted octanol–water partition coefficient (Wildman–Crippen LogP) is 3.75. The van der Waals surface area contributed by atoms with Gasteiger partial charge in [-0.25, -0.2) is 4.98 Å². The topological polar surface area (TPSA) is 27.1 Å². The fraction of sp³-hybridized carbons (Fsp3) is 0.500. The number of ether oxygens (including phenoxy) is 1. The summed E-state index contributed by atoms with van der Waals surface area (Å²) in [6.45, 7) is 4.56. The van der Waals surface area contributed by atoms with Crippen LogP contribution in [0.5, 0.6) is 5.75 Å². The minimum absolute atomic E-state index is 0.345. The Morgan fingerprint density at radius 3 is 2.78 bits per heavy atom. The number of halogens is 1. The molecule has 0 N–H and O–H groups in total. The molecule has 0 radical (unpaired) electrons. The summed E-state index contributed by atoms with van der Waals surface area (Å²) in [5.41, 5.74) is 2.46. The van der Waals surface area contributed by atoms with Crippen molar-refractivity contribution in [2.24, 2.45) is 5.41 Å². The molecule has 1 aromatic carbocycles. The van der Waals surface area contributed by atoms with Crippen LogP contribution in [-0.2, 0) is 5.88 Å². The van der Waals surface area contributed by atoms with Gasteiger partial charge in [0.15, 0.2) is 0 Å². The van der Waals surface area contributed by atoms with Crippen molar-refractivity contribution in [1.82, 2.24) is 9.55 Å². The molecule has 1 fully saturated rings. The number of hydrogen-bond acceptors (Lipinski definition) is 2. The first-order valence-electron chi connectivity index (χ1n) is 6.17. The van der Waals surface area contributed by atoms with Gasteiger partial charge < -0.3 is 9.30 Å². The monoisotopic (exact) mass is 264 g/mol. The molecule has 1 unspecified atom stereocenters. The molecule has 1 aliphatic rings. The maximum Gasteiger partial charge on any atom is 0.125 e.